The fraction of sp³-hybridized carbons (Fsp3) is 0.133. The van der Waals surface area contributed by atoms with Gasteiger partial charge in [0.25, 0.3) is 0 Å². The number of rotatable bonds is 5. The largest absolute Gasteiger partial charge is 1.00 e. The van der Waals surface area contributed by atoms with E-state index in [0.29, 0.717) is 18.6 Å². The van der Waals surface area contributed by atoms with Crippen LogP contribution in [-0.2, 0) is 11.2 Å². The molecule has 0 bridgehead atoms. The molecule has 0 saturated carbocycles. The fourth-order valence-corrected chi connectivity index (χ4v) is 3.93. The van der Waals surface area contributed by atoms with Crippen LogP contribution in [0.5, 0.6) is 17.2 Å². The van der Waals surface area contributed by atoms with Crippen LogP contribution in [0.1, 0.15) is 5.56 Å². The minimum absolute atomic E-state index is 0. The van der Waals surface area contributed by atoms with Gasteiger partial charge in [-0.15, -0.1) is 0 Å². The Hall–Kier alpha value is 0.660. The normalized spacial score (nSPS) is 11.5. The molecule has 122 valence electrons. The monoisotopic (exact) mass is 673 g/mol. The molecule has 0 unspecified atom stereocenters. The van der Waals surface area contributed by atoms with Crippen LogP contribution < -0.4 is 45.1 Å². The standard InChI is InChI=1S/C15H12I3NO4.Na/c16-9-6-11(12(17)13(18)14(9)20)23-8-3-1-7(2-4-8)5-10(19)15(21)22;/h1-4,6,10,20H,5,19H2,(H,21,22);/q;+1/p-1/t10-;/m0./s1. The average Bonchev–Trinajstić information content (AvgIpc) is 2.52. The molecule has 0 saturated heterocycles. The Bertz CT molecular complexity index is 740. The number of benzene rings is 2. The second-order valence-electron chi connectivity index (χ2n) is 4.71. The summed E-state index contributed by atoms with van der Waals surface area (Å²) in [5.74, 6) is 0.206. The van der Waals surface area contributed by atoms with E-state index in [0.717, 1.165) is 9.13 Å². The summed E-state index contributed by atoms with van der Waals surface area (Å²) in [5.41, 5.74) is 6.33. The molecule has 0 aromatic heterocycles. The molecule has 5 nitrogen and oxygen atoms in total. The van der Waals surface area contributed by atoms with Crippen molar-refractivity contribution in [2.24, 2.45) is 5.73 Å². The molecule has 0 aliphatic carbocycles. The smallest absolute Gasteiger partial charge is 0.871 e. The number of carbonyl (C=O) groups is 1. The van der Waals surface area contributed by atoms with Crippen LogP contribution in [0.3, 0.4) is 0 Å². The molecular formula is C15H11I3NNaO4. The van der Waals surface area contributed by atoms with E-state index < -0.39 is 12.0 Å². The van der Waals surface area contributed by atoms with Gasteiger partial charge < -0.3 is 20.7 Å². The first kappa shape index (κ1) is 22.7. The maximum atomic E-state index is 11.9. The molecule has 0 heterocycles. The summed E-state index contributed by atoms with van der Waals surface area (Å²) in [7, 11) is 0. The predicted molar refractivity (Wildman–Crippen MR) is 110 cm³/mol. The molecule has 2 aromatic carbocycles. The van der Waals surface area contributed by atoms with Crippen LogP contribution in [0, 0.1) is 10.7 Å². The molecule has 2 aromatic rings. The Kier molecular flexibility index (Phi) is 9.57. The summed E-state index contributed by atoms with van der Waals surface area (Å²) in [6, 6.07) is 7.86. The minimum atomic E-state index is -1.03. The zero-order valence-corrected chi connectivity index (χ0v) is 21.0. The number of halogens is 3. The van der Waals surface area contributed by atoms with Crippen molar-refractivity contribution in [2.45, 2.75) is 12.5 Å². The predicted octanol–water partition coefficient (Wildman–Crippen LogP) is 0.325. The van der Waals surface area contributed by atoms with Gasteiger partial charge in [-0.05, 0) is 98.0 Å². The molecule has 2 rings (SSSR count). The van der Waals surface area contributed by atoms with E-state index in [2.05, 4.69) is 22.6 Å². The number of ether oxygens (including phenoxy) is 1. The van der Waals surface area contributed by atoms with E-state index in [9.17, 15) is 9.90 Å². The zero-order chi connectivity index (χ0) is 17.1. The molecule has 0 radical (unpaired) electrons. The molecule has 9 heteroatoms. The molecule has 0 spiro atoms. The number of hydrogen-bond donors (Lipinski definition) is 2. The first-order valence-electron chi connectivity index (χ1n) is 6.39. The fourth-order valence-electron chi connectivity index (χ4n) is 1.79. The van der Waals surface area contributed by atoms with Crippen LogP contribution in [0.4, 0.5) is 0 Å². The quantitative estimate of drug-likeness (QED) is 0.271. The van der Waals surface area contributed by atoms with Crippen molar-refractivity contribution in [1.82, 2.24) is 0 Å². The third kappa shape index (κ3) is 5.84. The Morgan fingerprint density at radius 1 is 1.21 bits per heavy atom. The summed E-state index contributed by atoms with van der Waals surface area (Å²) < 4.78 is 7.84. The first-order chi connectivity index (χ1) is 10.8. The van der Waals surface area contributed by atoms with E-state index in [1.807, 2.05) is 45.2 Å². The van der Waals surface area contributed by atoms with Crippen molar-refractivity contribution in [3.8, 4) is 17.2 Å². The van der Waals surface area contributed by atoms with Crippen LogP contribution >= 0.6 is 67.8 Å². The van der Waals surface area contributed by atoms with Gasteiger partial charge in [0.05, 0.1) is 3.57 Å². The second kappa shape index (κ2) is 10.1. The van der Waals surface area contributed by atoms with Gasteiger partial charge in [0, 0.05) is 7.14 Å². The first-order valence-corrected chi connectivity index (χ1v) is 9.63. The van der Waals surface area contributed by atoms with Gasteiger partial charge in [0.2, 0.25) is 0 Å². The van der Waals surface area contributed by atoms with Gasteiger partial charge in [-0.3, -0.25) is 4.79 Å². The van der Waals surface area contributed by atoms with Gasteiger partial charge in [0.1, 0.15) is 17.5 Å². The topological polar surface area (TPSA) is 95.6 Å². The average molecular weight is 673 g/mol. The Morgan fingerprint density at radius 2 is 1.79 bits per heavy atom. The van der Waals surface area contributed by atoms with Gasteiger partial charge >= 0.3 is 35.5 Å². The molecular weight excluding hydrogens is 662 g/mol. The number of nitrogens with two attached hydrogens (primary N) is 1. The van der Waals surface area contributed by atoms with Crippen molar-refractivity contribution in [2.75, 3.05) is 0 Å². The Labute approximate surface area is 202 Å². The summed E-state index contributed by atoms with van der Waals surface area (Å²) in [4.78, 5) is 10.8. The van der Waals surface area contributed by atoms with Gasteiger partial charge in [-0.2, -0.15) is 0 Å². The number of carboxylic acid groups (broad SMARTS) is 1. The number of aliphatic carboxylic acids is 1. The van der Waals surface area contributed by atoms with Crippen LogP contribution in [0.15, 0.2) is 30.3 Å². The Balaban J connectivity index is 0.00000288. The SMILES string of the molecule is N[C@@H](Cc1ccc(Oc2cc(I)c([O-])c(I)c2I)cc1)C(=O)O.[Na+]. The zero-order valence-electron chi connectivity index (χ0n) is 12.6. The molecule has 0 fully saturated rings. The van der Waals surface area contributed by atoms with Crippen LogP contribution in [-0.4, -0.2) is 17.1 Å². The van der Waals surface area contributed by atoms with E-state index in [1.165, 1.54) is 0 Å². The van der Waals surface area contributed by atoms with Crippen molar-refractivity contribution < 1.29 is 49.3 Å². The summed E-state index contributed by atoms with van der Waals surface area (Å²) in [6.07, 6.45) is 0.258. The molecule has 0 aliphatic heterocycles. The minimum Gasteiger partial charge on any atom is -0.871 e. The third-order valence-electron chi connectivity index (χ3n) is 3.01. The van der Waals surface area contributed by atoms with Gasteiger partial charge in [-0.25, -0.2) is 0 Å². The molecule has 24 heavy (non-hydrogen) atoms. The van der Waals surface area contributed by atoms with Crippen molar-refractivity contribution in [3.05, 3.63) is 46.6 Å². The summed E-state index contributed by atoms with van der Waals surface area (Å²) in [5, 5.41) is 20.7. The van der Waals surface area contributed by atoms with E-state index in [4.69, 9.17) is 15.6 Å². The van der Waals surface area contributed by atoms with Gasteiger partial charge in [-0.1, -0.05) is 17.9 Å². The summed E-state index contributed by atoms with van der Waals surface area (Å²) >= 11 is 6.09. The Morgan fingerprint density at radius 3 is 2.33 bits per heavy atom. The number of hydrogen-bond acceptors (Lipinski definition) is 4. The molecule has 0 amide bonds. The maximum absolute atomic E-state index is 11.9. The molecule has 0 aliphatic rings. The third-order valence-corrected chi connectivity index (χ3v) is 6.94. The van der Waals surface area contributed by atoms with E-state index in [1.54, 1.807) is 30.3 Å². The van der Waals surface area contributed by atoms with Crippen molar-refractivity contribution in [3.63, 3.8) is 0 Å². The van der Waals surface area contributed by atoms with Crippen LogP contribution in [0.2, 0.25) is 0 Å². The summed E-state index contributed by atoms with van der Waals surface area (Å²) in [6.45, 7) is 0. The van der Waals surface area contributed by atoms with Crippen LogP contribution in [0.25, 0.3) is 0 Å². The van der Waals surface area contributed by atoms with E-state index in [-0.39, 0.29) is 41.7 Å². The van der Waals surface area contributed by atoms with Crippen molar-refractivity contribution >= 4 is 73.7 Å². The molecule has 3 N–H and O–H groups in total. The van der Waals surface area contributed by atoms with Crippen molar-refractivity contribution in [1.29, 1.82) is 0 Å². The van der Waals surface area contributed by atoms with E-state index >= 15 is 0 Å². The van der Waals surface area contributed by atoms with Gasteiger partial charge in [0.15, 0.2) is 0 Å². The second-order valence-corrected chi connectivity index (χ2v) is 8.03. The number of carboxylic acids is 1. The maximum Gasteiger partial charge on any atom is 1.00 e. The molecule has 1 atom stereocenters.